The molecule has 3 heteroatoms. The van der Waals surface area contributed by atoms with Crippen LogP contribution in [0.5, 0.6) is 0 Å². The van der Waals surface area contributed by atoms with Gasteiger partial charge < -0.3 is 13.3 Å². The average molecular weight is 651 g/mol. The number of fused-ring (bicyclic) bond motifs is 14. The Kier molecular flexibility index (Phi) is 5.23. The fraction of sp³-hybridized carbons (Fsp3) is 0. The van der Waals surface area contributed by atoms with Crippen molar-refractivity contribution >= 4 is 98.1 Å². The maximum Gasteiger partial charge on any atom is 0.144 e. The molecule has 0 aliphatic rings. The van der Waals surface area contributed by atoms with Crippen molar-refractivity contribution in [3.05, 3.63) is 158 Å². The second kappa shape index (κ2) is 9.87. The van der Waals surface area contributed by atoms with E-state index in [-0.39, 0.29) is 0 Å². The second-order valence-electron chi connectivity index (χ2n) is 13.5. The van der Waals surface area contributed by atoms with Crippen LogP contribution in [0.4, 0.5) is 0 Å². The van der Waals surface area contributed by atoms with Crippen molar-refractivity contribution in [1.82, 2.24) is 0 Å². The summed E-state index contributed by atoms with van der Waals surface area (Å²) in [6, 6.07) is 56.1. The number of para-hydroxylation sites is 2. The Balaban J connectivity index is 1.14. The summed E-state index contributed by atoms with van der Waals surface area (Å²) in [4.78, 5) is 0. The van der Waals surface area contributed by atoms with Crippen LogP contribution >= 0.6 is 0 Å². The van der Waals surface area contributed by atoms with Crippen molar-refractivity contribution in [2.24, 2.45) is 0 Å². The number of rotatable bonds is 2. The number of hydrogen-bond donors (Lipinski definition) is 0. The van der Waals surface area contributed by atoms with E-state index in [0.717, 1.165) is 82.2 Å². The fourth-order valence-corrected chi connectivity index (χ4v) is 8.64. The van der Waals surface area contributed by atoms with Gasteiger partial charge in [0, 0.05) is 37.7 Å². The summed E-state index contributed by atoms with van der Waals surface area (Å²) in [6.45, 7) is 0. The van der Waals surface area contributed by atoms with Crippen molar-refractivity contribution < 1.29 is 13.3 Å². The highest BCUT2D eigenvalue weighted by molar-refractivity contribution is 6.29. The van der Waals surface area contributed by atoms with Gasteiger partial charge in [-0.25, -0.2) is 0 Å². The smallest absolute Gasteiger partial charge is 0.144 e. The first-order valence-electron chi connectivity index (χ1n) is 17.3. The van der Waals surface area contributed by atoms with Crippen LogP contribution in [0, 0.1) is 0 Å². The second-order valence-corrected chi connectivity index (χ2v) is 13.5. The third kappa shape index (κ3) is 3.67. The minimum atomic E-state index is 0.871. The van der Waals surface area contributed by atoms with Crippen LogP contribution in [0.1, 0.15) is 0 Å². The first-order valence-corrected chi connectivity index (χ1v) is 17.3. The highest BCUT2D eigenvalue weighted by Gasteiger charge is 2.20. The highest BCUT2D eigenvalue weighted by Crippen LogP contribution is 2.47. The average Bonchev–Trinajstić information content (AvgIpc) is 3.87. The summed E-state index contributed by atoms with van der Waals surface area (Å²) in [7, 11) is 0. The van der Waals surface area contributed by atoms with Crippen molar-refractivity contribution in [3.8, 4) is 22.3 Å². The monoisotopic (exact) mass is 650 g/mol. The van der Waals surface area contributed by atoms with E-state index in [1.807, 2.05) is 24.3 Å². The van der Waals surface area contributed by atoms with Gasteiger partial charge in [0.25, 0.3) is 0 Å². The van der Waals surface area contributed by atoms with E-state index in [0.29, 0.717) is 0 Å². The van der Waals surface area contributed by atoms with Gasteiger partial charge in [0.1, 0.15) is 33.5 Å². The summed E-state index contributed by atoms with van der Waals surface area (Å²) in [5.74, 6) is 0. The third-order valence-corrected chi connectivity index (χ3v) is 10.8. The van der Waals surface area contributed by atoms with E-state index in [9.17, 15) is 0 Å². The number of furan rings is 3. The van der Waals surface area contributed by atoms with Gasteiger partial charge in [-0.05, 0) is 97.7 Å². The molecule has 51 heavy (non-hydrogen) atoms. The molecular formula is C48H26O3. The quantitative estimate of drug-likeness (QED) is 0.175. The molecule has 9 aromatic carbocycles. The van der Waals surface area contributed by atoms with Gasteiger partial charge in [-0.2, -0.15) is 0 Å². The van der Waals surface area contributed by atoms with E-state index < -0.39 is 0 Å². The molecule has 0 spiro atoms. The largest absolute Gasteiger partial charge is 0.456 e. The van der Waals surface area contributed by atoms with Gasteiger partial charge in [-0.3, -0.25) is 0 Å². The lowest BCUT2D eigenvalue weighted by atomic mass is 9.85. The molecule has 0 radical (unpaired) electrons. The summed E-state index contributed by atoms with van der Waals surface area (Å²) in [5, 5.41) is 13.8. The van der Waals surface area contributed by atoms with Gasteiger partial charge in [0.2, 0.25) is 0 Å². The molecule has 0 unspecified atom stereocenters. The van der Waals surface area contributed by atoms with Crippen LogP contribution in [0.25, 0.3) is 120 Å². The first kappa shape index (κ1) is 27.0. The summed E-state index contributed by atoms with van der Waals surface area (Å²) in [5.41, 5.74) is 10.1. The lowest BCUT2D eigenvalue weighted by Crippen LogP contribution is -1.90. The Morgan fingerprint density at radius 2 is 0.725 bits per heavy atom. The van der Waals surface area contributed by atoms with Crippen molar-refractivity contribution in [2.45, 2.75) is 0 Å². The maximum atomic E-state index is 6.74. The Morgan fingerprint density at radius 1 is 0.275 bits per heavy atom. The molecule has 3 nitrogen and oxygen atoms in total. The zero-order valence-corrected chi connectivity index (χ0v) is 27.2. The fourth-order valence-electron chi connectivity index (χ4n) is 8.64. The SMILES string of the molecule is c1ccc2c(c1)oc1ccc(-c3c4ccccc4c(-c4ccc5oc6c(ccc7ccc8oc9ccccc9c8c76)c5c4)c4ccccc34)cc12. The van der Waals surface area contributed by atoms with Gasteiger partial charge in [0.15, 0.2) is 0 Å². The van der Waals surface area contributed by atoms with E-state index >= 15 is 0 Å². The molecule has 12 rings (SSSR count). The summed E-state index contributed by atoms with van der Waals surface area (Å²) >= 11 is 0. The normalized spacial score (nSPS) is 12.3. The van der Waals surface area contributed by atoms with Gasteiger partial charge in [0.05, 0.1) is 0 Å². The molecule has 0 aliphatic carbocycles. The molecule has 0 N–H and O–H groups in total. The van der Waals surface area contributed by atoms with Crippen molar-refractivity contribution in [1.29, 1.82) is 0 Å². The standard InChI is InChI=1S/C48H26O3/c1-3-12-33-31(10-1)44(28-19-22-41-37(25-28)30-9-5-7-15-39(30)49-41)32-11-2-4-13-34(32)45(33)29-20-23-42-38(26-29)35-21-17-27-18-24-43-47(46(27)48(35)51-42)36-14-6-8-16-40(36)50-43/h1-26H. The Hall–Kier alpha value is -6.84. The number of benzene rings is 9. The van der Waals surface area contributed by atoms with Gasteiger partial charge in [-0.15, -0.1) is 0 Å². The lowest BCUT2D eigenvalue weighted by molar-refractivity contribution is 0.668. The molecule has 0 saturated heterocycles. The molecule has 0 saturated carbocycles. The van der Waals surface area contributed by atoms with E-state index in [2.05, 4.69) is 133 Å². The van der Waals surface area contributed by atoms with Crippen molar-refractivity contribution in [2.75, 3.05) is 0 Å². The van der Waals surface area contributed by atoms with Crippen LogP contribution in [0.3, 0.4) is 0 Å². The van der Waals surface area contributed by atoms with Crippen molar-refractivity contribution in [3.63, 3.8) is 0 Å². The maximum absolute atomic E-state index is 6.74. The first-order chi connectivity index (χ1) is 25.3. The van der Waals surface area contributed by atoms with E-state index in [1.165, 1.54) is 38.2 Å². The van der Waals surface area contributed by atoms with E-state index in [4.69, 9.17) is 13.3 Å². The zero-order chi connectivity index (χ0) is 33.2. The molecule has 0 atom stereocenters. The molecule has 236 valence electrons. The Bertz CT molecular complexity index is 3370. The number of hydrogen-bond acceptors (Lipinski definition) is 3. The van der Waals surface area contributed by atoms with Crippen LogP contribution in [-0.4, -0.2) is 0 Å². The highest BCUT2D eigenvalue weighted by atomic mass is 16.3. The Labute approximate surface area is 290 Å². The summed E-state index contributed by atoms with van der Waals surface area (Å²) in [6.07, 6.45) is 0. The minimum absolute atomic E-state index is 0.871. The lowest BCUT2D eigenvalue weighted by Gasteiger charge is -2.17. The van der Waals surface area contributed by atoms with Crippen LogP contribution in [0.2, 0.25) is 0 Å². The Morgan fingerprint density at radius 3 is 1.37 bits per heavy atom. The van der Waals surface area contributed by atoms with Crippen LogP contribution in [-0.2, 0) is 0 Å². The third-order valence-electron chi connectivity index (χ3n) is 10.8. The molecule has 0 fully saturated rings. The molecule has 12 aromatic rings. The zero-order valence-electron chi connectivity index (χ0n) is 27.2. The molecule has 0 bridgehead atoms. The molecule has 3 heterocycles. The molecule has 3 aromatic heterocycles. The minimum Gasteiger partial charge on any atom is -0.456 e. The molecule has 0 amide bonds. The summed E-state index contributed by atoms with van der Waals surface area (Å²) < 4.78 is 19.2. The molecular weight excluding hydrogens is 625 g/mol. The van der Waals surface area contributed by atoms with Crippen LogP contribution in [0.15, 0.2) is 171 Å². The predicted molar refractivity (Wildman–Crippen MR) is 212 cm³/mol. The van der Waals surface area contributed by atoms with E-state index in [1.54, 1.807) is 0 Å². The van der Waals surface area contributed by atoms with Gasteiger partial charge >= 0.3 is 0 Å². The predicted octanol–water partition coefficient (Wildman–Crippen LogP) is 14.2. The van der Waals surface area contributed by atoms with Crippen LogP contribution < -0.4 is 0 Å². The topological polar surface area (TPSA) is 39.4 Å². The van der Waals surface area contributed by atoms with Gasteiger partial charge in [-0.1, -0.05) is 109 Å². The molecule has 0 aliphatic heterocycles.